The number of anilines is 1. The second-order valence-electron chi connectivity index (χ2n) is 9.23. The van der Waals surface area contributed by atoms with E-state index in [1.807, 2.05) is 45.9 Å². The zero-order valence-electron chi connectivity index (χ0n) is 22.1. The van der Waals surface area contributed by atoms with Crippen molar-refractivity contribution >= 4 is 23.7 Å². The number of alkyl carbamates (subject to hydrolysis) is 1. The summed E-state index contributed by atoms with van der Waals surface area (Å²) >= 11 is 0. The van der Waals surface area contributed by atoms with Crippen LogP contribution in [0.3, 0.4) is 0 Å². The molecule has 2 amide bonds. The number of aryl methyl sites for hydroxylation is 1. The standard InChI is InChI=1S/C27H36N2O7/c1-18-10-13-21(23(16-18)35-15-9-8-14-28-26(32)36-27(2,3)4)29(5)24(30)19-11-12-20(25(31)34-7)22(17-19)33-6/h10-13,16-17H,8-9,14-15H2,1-7H3,(H,28,32). The smallest absolute Gasteiger partial charge is 0.407 e. The van der Waals surface area contributed by atoms with Crippen LogP contribution >= 0.6 is 0 Å². The van der Waals surface area contributed by atoms with Crippen molar-refractivity contribution in [2.24, 2.45) is 0 Å². The lowest BCUT2D eigenvalue weighted by molar-refractivity contribution is 0.0525. The highest BCUT2D eigenvalue weighted by atomic mass is 16.6. The predicted molar refractivity (Wildman–Crippen MR) is 137 cm³/mol. The minimum Gasteiger partial charge on any atom is -0.496 e. The lowest BCUT2D eigenvalue weighted by atomic mass is 10.1. The van der Waals surface area contributed by atoms with Crippen LogP contribution in [0.1, 0.15) is 59.9 Å². The molecule has 196 valence electrons. The number of unbranched alkanes of at least 4 members (excludes halogenated alkanes) is 1. The van der Waals surface area contributed by atoms with E-state index in [0.29, 0.717) is 43.0 Å². The fourth-order valence-electron chi connectivity index (χ4n) is 3.33. The summed E-state index contributed by atoms with van der Waals surface area (Å²) in [6.45, 7) is 8.27. The maximum Gasteiger partial charge on any atom is 0.407 e. The van der Waals surface area contributed by atoms with Crippen LogP contribution in [0.25, 0.3) is 0 Å². The van der Waals surface area contributed by atoms with Crippen molar-refractivity contribution < 1.29 is 33.3 Å². The minimum atomic E-state index is -0.547. The molecule has 9 heteroatoms. The first-order valence-corrected chi connectivity index (χ1v) is 11.7. The molecule has 0 fully saturated rings. The average Bonchev–Trinajstić information content (AvgIpc) is 2.83. The fourth-order valence-corrected chi connectivity index (χ4v) is 3.33. The Hall–Kier alpha value is -3.75. The molecule has 0 heterocycles. The van der Waals surface area contributed by atoms with Crippen LogP contribution in [0.5, 0.6) is 11.5 Å². The molecule has 0 bridgehead atoms. The molecule has 0 aliphatic rings. The molecule has 0 unspecified atom stereocenters. The number of ether oxygens (including phenoxy) is 4. The molecular weight excluding hydrogens is 464 g/mol. The monoisotopic (exact) mass is 500 g/mol. The number of carbonyl (C=O) groups is 3. The van der Waals surface area contributed by atoms with Gasteiger partial charge in [0.2, 0.25) is 0 Å². The van der Waals surface area contributed by atoms with Crippen molar-refractivity contribution in [1.29, 1.82) is 0 Å². The van der Waals surface area contributed by atoms with E-state index in [-0.39, 0.29) is 17.2 Å². The number of methoxy groups -OCH3 is 2. The van der Waals surface area contributed by atoms with E-state index in [2.05, 4.69) is 5.32 Å². The first kappa shape index (κ1) is 28.5. The van der Waals surface area contributed by atoms with E-state index >= 15 is 0 Å². The summed E-state index contributed by atoms with van der Waals surface area (Å²) in [6, 6.07) is 10.2. The number of rotatable bonds is 10. The van der Waals surface area contributed by atoms with Crippen LogP contribution < -0.4 is 19.7 Å². The lowest BCUT2D eigenvalue weighted by Gasteiger charge is -2.22. The Labute approximate surface area is 212 Å². The van der Waals surface area contributed by atoms with Gasteiger partial charge in [0.05, 0.1) is 26.5 Å². The third-order valence-corrected chi connectivity index (χ3v) is 5.13. The molecule has 0 saturated heterocycles. The van der Waals surface area contributed by atoms with Crippen LogP contribution in [0.4, 0.5) is 10.5 Å². The van der Waals surface area contributed by atoms with Crippen molar-refractivity contribution in [3.8, 4) is 11.5 Å². The van der Waals surface area contributed by atoms with Gasteiger partial charge in [0.1, 0.15) is 22.7 Å². The summed E-state index contributed by atoms with van der Waals surface area (Å²) in [4.78, 5) is 38.4. The number of nitrogens with one attached hydrogen (secondary N) is 1. The van der Waals surface area contributed by atoms with Crippen LogP contribution in [0.2, 0.25) is 0 Å². The van der Waals surface area contributed by atoms with Gasteiger partial charge in [-0.15, -0.1) is 0 Å². The van der Waals surface area contributed by atoms with E-state index < -0.39 is 17.7 Å². The molecule has 2 aromatic rings. The number of esters is 1. The van der Waals surface area contributed by atoms with Crippen LogP contribution in [-0.2, 0) is 9.47 Å². The van der Waals surface area contributed by atoms with Crippen molar-refractivity contribution in [2.45, 2.75) is 46.1 Å². The van der Waals surface area contributed by atoms with Crippen molar-refractivity contribution in [3.05, 3.63) is 53.1 Å². The van der Waals surface area contributed by atoms with Gasteiger partial charge in [0.15, 0.2) is 0 Å². The van der Waals surface area contributed by atoms with Gasteiger partial charge in [-0.25, -0.2) is 9.59 Å². The van der Waals surface area contributed by atoms with E-state index in [1.54, 1.807) is 13.1 Å². The highest BCUT2D eigenvalue weighted by Crippen LogP contribution is 2.31. The summed E-state index contributed by atoms with van der Waals surface area (Å²) in [7, 11) is 4.37. The maximum absolute atomic E-state index is 13.2. The highest BCUT2D eigenvalue weighted by Gasteiger charge is 2.21. The van der Waals surface area contributed by atoms with Crippen molar-refractivity contribution in [2.75, 3.05) is 39.3 Å². The van der Waals surface area contributed by atoms with E-state index in [0.717, 1.165) is 5.56 Å². The first-order valence-electron chi connectivity index (χ1n) is 11.7. The molecule has 0 radical (unpaired) electrons. The number of hydrogen-bond donors (Lipinski definition) is 1. The third-order valence-electron chi connectivity index (χ3n) is 5.13. The molecule has 0 aliphatic heterocycles. The minimum absolute atomic E-state index is 0.236. The van der Waals surface area contributed by atoms with Gasteiger partial charge in [-0.2, -0.15) is 0 Å². The SMILES string of the molecule is COC(=O)c1ccc(C(=O)N(C)c2ccc(C)cc2OCCCCNC(=O)OC(C)(C)C)cc1OC. The normalized spacial score (nSPS) is 10.9. The Morgan fingerprint density at radius 2 is 1.69 bits per heavy atom. The third kappa shape index (κ3) is 8.18. The topological polar surface area (TPSA) is 103 Å². The van der Waals surface area contributed by atoms with E-state index in [9.17, 15) is 14.4 Å². The van der Waals surface area contributed by atoms with E-state index in [1.165, 1.54) is 31.3 Å². The molecule has 1 N–H and O–H groups in total. The molecule has 2 rings (SSSR count). The largest absolute Gasteiger partial charge is 0.496 e. The molecule has 36 heavy (non-hydrogen) atoms. The second kappa shape index (κ2) is 12.8. The van der Waals surface area contributed by atoms with Gasteiger partial charge >= 0.3 is 12.1 Å². The zero-order valence-corrected chi connectivity index (χ0v) is 22.1. The highest BCUT2D eigenvalue weighted by molar-refractivity contribution is 6.07. The Morgan fingerprint density at radius 3 is 2.33 bits per heavy atom. The summed E-state index contributed by atoms with van der Waals surface area (Å²) in [5, 5.41) is 2.72. The van der Waals surface area contributed by atoms with Crippen molar-refractivity contribution in [3.63, 3.8) is 0 Å². The molecule has 9 nitrogen and oxygen atoms in total. The van der Waals surface area contributed by atoms with Crippen LogP contribution in [0.15, 0.2) is 36.4 Å². The Morgan fingerprint density at radius 1 is 0.972 bits per heavy atom. The molecular formula is C27H36N2O7. The molecule has 0 aromatic heterocycles. The van der Waals surface area contributed by atoms with E-state index in [4.69, 9.17) is 18.9 Å². The predicted octanol–water partition coefficient (Wildman–Crippen LogP) is 4.75. The van der Waals surface area contributed by atoms with Crippen LogP contribution in [0, 0.1) is 6.92 Å². The molecule has 0 aliphatic carbocycles. The molecule has 2 aromatic carbocycles. The number of benzene rings is 2. The quantitative estimate of drug-likeness (QED) is 0.371. The number of hydrogen-bond acceptors (Lipinski definition) is 7. The van der Waals surface area contributed by atoms with Gasteiger partial charge in [0, 0.05) is 19.2 Å². The number of nitrogens with zero attached hydrogens (tertiary/aromatic N) is 1. The fraction of sp³-hybridized carbons (Fsp3) is 0.444. The molecule has 0 saturated carbocycles. The van der Waals surface area contributed by atoms with Crippen LogP contribution in [-0.4, -0.2) is 58.0 Å². The number of carbonyl (C=O) groups excluding carboxylic acids is 3. The lowest BCUT2D eigenvalue weighted by Crippen LogP contribution is -2.33. The summed E-state index contributed by atoms with van der Waals surface area (Å²) in [5.41, 5.74) is 1.65. The Kier molecular flexibility index (Phi) is 10.1. The van der Waals surface area contributed by atoms with Gasteiger partial charge in [0.25, 0.3) is 5.91 Å². The second-order valence-corrected chi connectivity index (χ2v) is 9.23. The van der Waals surface area contributed by atoms with Gasteiger partial charge in [-0.3, -0.25) is 4.79 Å². The summed E-state index contributed by atoms with van der Waals surface area (Å²) in [5.74, 6) is -0.0136. The zero-order chi connectivity index (χ0) is 26.9. The number of amides is 2. The first-order chi connectivity index (χ1) is 17.0. The Balaban J connectivity index is 2.03. The molecule has 0 spiro atoms. The summed E-state index contributed by atoms with van der Waals surface area (Å²) in [6.07, 6.45) is 0.968. The maximum atomic E-state index is 13.2. The van der Waals surface area contributed by atoms with Gasteiger partial charge in [-0.1, -0.05) is 6.07 Å². The summed E-state index contributed by atoms with van der Waals surface area (Å²) < 4.78 is 21.3. The molecule has 0 atom stereocenters. The Bertz CT molecular complexity index is 1080. The van der Waals surface area contributed by atoms with Crippen molar-refractivity contribution in [1.82, 2.24) is 5.32 Å². The van der Waals surface area contributed by atoms with Gasteiger partial charge < -0.3 is 29.2 Å². The van der Waals surface area contributed by atoms with Gasteiger partial charge in [-0.05, 0) is 76.4 Å². The average molecular weight is 501 g/mol.